The molecule has 0 N–H and O–H groups in total. The van der Waals surface area contributed by atoms with Crippen LogP contribution in [-0.4, -0.2) is 23.8 Å². The van der Waals surface area contributed by atoms with E-state index in [-0.39, 0.29) is 10.9 Å². The molecule has 1 atom stereocenters. The van der Waals surface area contributed by atoms with Crippen molar-refractivity contribution in [2.45, 2.75) is 31.5 Å². The lowest BCUT2D eigenvalue weighted by Gasteiger charge is -2.27. The van der Waals surface area contributed by atoms with Crippen molar-refractivity contribution in [2.24, 2.45) is 0 Å². The van der Waals surface area contributed by atoms with Gasteiger partial charge >= 0.3 is 12.4 Å². The van der Waals surface area contributed by atoms with E-state index in [0.29, 0.717) is 5.56 Å². The molecule has 0 saturated heterocycles. The summed E-state index contributed by atoms with van der Waals surface area (Å²) in [6, 6.07) is 6.12. The summed E-state index contributed by atoms with van der Waals surface area (Å²) in [4.78, 5) is 0. The quantitative estimate of drug-likeness (QED) is 0.543. The van der Waals surface area contributed by atoms with Gasteiger partial charge in [0.25, 0.3) is 0 Å². The number of halogens is 7. The van der Waals surface area contributed by atoms with Crippen LogP contribution in [0.3, 0.4) is 0 Å². The van der Waals surface area contributed by atoms with Crippen LogP contribution in [0, 0.1) is 6.92 Å². The minimum absolute atomic E-state index is 0.181. The minimum atomic E-state index is -5.51. The molecule has 0 saturated carbocycles. The molecule has 1 aromatic rings. The number of ether oxygens (including phenoxy) is 1. The van der Waals surface area contributed by atoms with Crippen LogP contribution < -0.4 is 0 Å². The van der Waals surface area contributed by atoms with E-state index in [2.05, 4.69) is 20.7 Å². The number of alkyl halides is 7. The summed E-state index contributed by atoms with van der Waals surface area (Å²) < 4.78 is 79.0. The molecule has 8 heteroatoms. The zero-order valence-electron chi connectivity index (χ0n) is 10.2. The second-order valence-electron chi connectivity index (χ2n) is 4.16. The van der Waals surface area contributed by atoms with Gasteiger partial charge < -0.3 is 4.74 Å². The second kappa shape index (κ2) is 6.34. The van der Waals surface area contributed by atoms with Crippen molar-refractivity contribution in [3.8, 4) is 0 Å². The van der Waals surface area contributed by atoms with E-state index in [0.717, 1.165) is 0 Å². The minimum Gasteiger partial charge on any atom is -0.352 e. The fourth-order valence-corrected chi connectivity index (χ4v) is 2.10. The molecule has 0 amide bonds. The molecule has 0 aromatic heterocycles. The van der Waals surface area contributed by atoms with Gasteiger partial charge in [0.2, 0.25) is 6.10 Å². The lowest BCUT2D eigenvalue weighted by molar-refractivity contribution is -0.330. The van der Waals surface area contributed by atoms with E-state index in [9.17, 15) is 26.3 Å². The van der Waals surface area contributed by atoms with Gasteiger partial charge in [-0.15, -0.1) is 0 Å². The summed E-state index contributed by atoms with van der Waals surface area (Å²) in [7, 11) is 0. The summed E-state index contributed by atoms with van der Waals surface area (Å²) in [5.74, 6) is 0. The van der Waals surface area contributed by atoms with Crippen molar-refractivity contribution >= 4 is 15.9 Å². The zero-order chi connectivity index (χ0) is 15.6. The molecule has 20 heavy (non-hydrogen) atoms. The first kappa shape index (κ1) is 17.3. The SMILES string of the molecule is Cc1cccc(C(CBr)OC(C(F)(F)F)C(F)(F)F)c1. The van der Waals surface area contributed by atoms with Gasteiger partial charge in [-0.2, -0.15) is 26.3 Å². The van der Waals surface area contributed by atoms with E-state index >= 15 is 0 Å². The van der Waals surface area contributed by atoms with Crippen LogP contribution in [0.15, 0.2) is 24.3 Å². The van der Waals surface area contributed by atoms with E-state index in [1.807, 2.05) is 0 Å². The highest BCUT2D eigenvalue weighted by atomic mass is 79.9. The number of hydrogen-bond acceptors (Lipinski definition) is 1. The Morgan fingerprint density at radius 3 is 2.05 bits per heavy atom. The smallest absolute Gasteiger partial charge is 0.352 e. The number of aryl methyl sites for hydroxylation is 1. The molecular weight excluding hydrogens is 354 g/mol. The average Bonchev–Trinajstić information content (AvgIpc) is 2.26. The monoisotopic (exact) mass is 364 g/mol. The topological polar surface area (TPSA) is 9.23 Å². The maximum absolute atomic E-state index is 12.4. The highest BCUT2D eigenvalue weighted by Gasteiger charge is 2.58. The van der Waals surface area contributed by atoms with Crippen molar-refractivity contribution < 1.29 is 31.1 Å². The van der Waals surface area contributed by atoms with E-state index in [1.165, 1.54) is 12.1 Å². The molecular formula is C12H11BrF6O. The van der Waals surface area contributed by atoms with Gasteiger partial charge in [0.15, 0.2) is 0 Å². The Morgan fingerprint density at radius 1 is 1.10 bits per heavy atom. The molecule has 0 spiro atoms. The molecule has 0 aliphatic heterocycles. The Bertz CT molecular complexity index is 428. The van der Waals surface area contributed by atoms with Crippen molar-refractivity contribution in [1.29, 1.82) is 0 Å². The lowest BCUT2D eigenvalue weighted by atomic mass is 10.1. The first-order valence-electron chi connectivity index (χ1n) is 5.47. The van der Waals surface area contributed by atoms with Gasteiger partial charge in [-0.25, -0.2) is 0 Å². The van der Waals surface area contributed by atoms with Gasteiger partial charge in [0.1, 0.15) is 0 Å². The predicted molar refractivity (Wildman–Crippen MR) is 64.7 cm³/mol. The molecule has 1 unspecified atom stereocenters. The Morgan fingerprint density at radius 2 is 1.65 bits per heavy atom. The molecule has 1 nitrogen and oxygen atoms in total. The zero-order valence-corrected chi connectivity index (χ0v) is 11.8. The van der Waals surface area contributed by atoms with Crippen molar-refractivity contribution in [2.75, 3.05) is 5.33 Å². The summed E-state index contributed by atoms with van der Waals surface area (Å²) in [6.45, 7) is 1.68. The maximum Gasteiger partial charge on any atom is 0.423 e. The molecule has 114 valence electrons. The third kappa shape index (κ3) is 4.66. The van der Waals surface area contributed by atoms with E-state index < -0.39 is 24.6 Å². The first-order chi connectivity index (χ1) is 9.05. The van der Waals surface area contributed by atoms with Crippen molar-refractivity contribution in [3.05, 3.63) is 35.4 Å². The van der Waals surface area contributed by atoms with Crippen molar-refractivity contribution in [3.63, 3.8) is 0 Å². The molecule has 1 aromatic carbocycles. The third-order valence-electron chi connectivity index (χ3n) is 2.45. The highest BCUT2D eigenvalue weighted by molar-refractivity contribution is 9.09. The molecule has 0 bridgehead atoms. The summed E-state index contributed by atoms with van der Waals surface area (Å²) in [5, 5.41) is -0.181. The van der Waals surface area contributed by atoms with Gasteiger partial charge in [-0.05, 0) is 12.5 Å². The van der Waals surface area contributed by atoms with Gasteiger partial charge in [0, 0.05) is 5.33 Å². The van der Waals surface area contributed by atoms with Crippen LogP contribution >= 0.6 is 15.9 Å². The fraction of sp³-hybridized carbons (Fsp3) is 0.500. The summed E-state index contributed by atoms with van der Waals surface area (Å²) in [5.41, 5.74) is 0.966. The van der Waals surface area contributed by atoms with Crippen molar-refractivity contribution in [1.82, 2.24) is 0 Å². The van der Waals surface area contributed by atoms with Gasteiger partial charge in [0.05, 0.1) is 6.10 Å². The average molecular weight is 365 g/mol. The van der Waals surface area contributed by atoms with E-state index in [1.54, 1.807) is 19.1 Å². The largest absolute Gasteiger partial charge is 0.423 e. The molecule has 0 aliphatic rings. The molecule has 0 aliphatic carbocycles. The van der Waals surface area contributed by atoms with Crippen LogP contribution in [0.1, 0.15) is 17.2 Å². The Labute approximate surface area is 120 Å². The second-order valence-corrected chi connectivity index (χ2v) is 4.80. The van der Waals surface area contributed by atoms with Crippen LogP contribution in [0.5, 0.6) is 0 Å². The number of benzene rings is 1. The molecule has 1 rings (SSSR count). The standard InChI is InChI=1S/C12H11BrF6O/c1-7-3-2-4-8(5-7)9(6-13)20-10(11(14,15)16)12(17,18)19/h2-5,9-10H,6H2,1H3. The van der Waals surface area contributed by atoms with Crippen LogP contribution in [0.25, 0.3) is 0 Å². The van der Waals surface area contributed by atoms with Crippen LogP contribution in [-0.2, 0) is 4.74 Å². The summed E-state index contributed by atoms with van der Waals surface area (Å²) in [6.07, 6.45) is -16.2. The predicted octanol–water partition coefficient (Wildman–Crippen LogP) is 4.94. The molecule has 0 fully saturated rings. The fourth-order valence-electron chi connectivity index (χ4n) is 1.58. The molecule has 0 heterocycles. The first-order valence-corrected chi connectivity index (χ1v) is 6.59. The molecule has 0 radical (unpaired) electrons. The van der Waals surface area contributed by atoms with Crippen LogP contribution in [0.2, 0.25) is 0 Å². The Balaban J connectivity index is 3.01. The normalized spacial score (nSPS) is 14.7. The summed E-state index contributed by atoms with van der Waals surface area (Å²) >= 11 is 2.88. The Hall–Kier alpha value is -0.760. The number of hydrogen-bond donors (Lipinski definition) is 0. The highest BCUT2D eigenvalue weighted by Crippen LogP contribution is 2.39. The van der Waals surface area contributed by atoms with Gasteiger partial charge in [-0.1, -0.05) is 45.8 Å². The van der Waals surface area contributed by atoms with E-state index in [4.69, 9.17) is 0 Å². The lowest BCUT2D eigenvalue weighted by Crippen LogP contribution is -2.45. The number of rotatable bonds is 4. The third-order valence-corrected chi connectivity index (χ3v) is 3.04. The van der Waals surface area contributed by atoms with Gasteiger partial charge in [-0.3, -0.25) is 0 Å². The maximum atomic E-state index is 12.4. The Kier molecular flexibility index (Phi) is 5.48. The van der Waals surface area contributed by atoms with Crippen LogP contribution in [0.4, 0.5) is 26.3 Å².